The summed E-state index contributed by atoms with van der Waals surface area (Å²) >= 11 is 0. The number of piperazine rings is 1. The van der Waals surface area contributed by atoms with Crippen LogP contribution in [0.15, 0.2) is 48.8 Å². The van der Waals surface area contributed by atoms with Crippen LogP contribution in [-0.2, 0) is 22.6 Å². The third kappa shape index (κ3) is 5.47. The summed E-state index contributed by atoms with van der Waals surface area (Å²) in [5, 5.41) is 2.89. The van der Waals surface area contributed by atoms with Crippen LogP contribution in [0.5, 0.6) is 0 Å². The Bertz CT molecular complexity index is 899. The van der Waals surface area contributed by atoms with Gasteiger partial charge in [-0.3, -0.25) is 19.5 Å². The maximum absolute atomic E-state index is 13.9. The van der Waals surface area contributed by atoms with Crippen molar-refractivity contribution in [3.63, 3.8) is 0 Å². The van der Waals surface area contributed by atoms with Gasteiger partial charge < -0.3 is 10.2 Å². The van der Waals surface area contributed by atoms with E-state index in [0.29, 0.717) is 45.1 Å². The van der Waals surface area contributed by atoms with Gasteiger partial charge in [-0.25, -0.2) is 4.39 Å². The van der Waals surface area contributed by atoms with Crippen molar-refractivity contribution < 1.29 is 14.0 Å². The van der Waals surface area contributed by atoms with E-state index < -0.39 is 6.04 Å². The number of halogens is 1. The molecule has 6 nitrogen and oxygen atoms in total. The minimum atomic E-state index is -0.461. The van der Waals surface area contributed by atoms with Crippen LogP contribution in [0.1, 0.15) is 30.4 Å². The first-order valence-electron chi connectivity index (χ1n) is 11.0. The van der Waals surface area contributed by atoms with E-state index >= 15 is 0 Å². The second kappa shape index (κ2) is 10.0. The molecule has 2 fully saturated rings. The van der Waals surface area contributed by atoms with E-state index in [-0.39, 0.29) is 24.1 Å². The van der Waals surface area contributed by atoms with Gasteiger partial charge in [-0.15, -0.1) is 0 Å². The summed E-state index contributed by atoms with van der Waals surface area (Å²) in [7, 11) is 0. The van der Waals surface area contributed by atoms with Crippen molar-refractivity contribution in [2.24, 2.45) is 5.92 Å². The molecule has 2 aliphatic rings. The van der Waals surface area contributed by atoms with Crippen LogP contribution in [-0.4, -0.2) is 58.8 Å². The Labute approximate surface area is 182 Å². The Morgan fingerprint density at radius 2 is 1.94 bits per heavy atom. The second-order valence-electron chi connectivity index (χ2n) is 8.46. The molecule has 0 unspecified atom stereocenters. The van der Waals surface area contributed by atoms with E-state index in [9.17, 15) is 14.0 Å². The minimum Gasteiger partial charge on any atom is -0.353 e. The number of nitrogens with one attached hydrogen (secondary N) is 1. The molecule has 2 amide bonds. The van der Waals surface area contributed by atoms with Crippen LogP contribution in [0.3, 0.4) is 0 Å². The van der Waals surface area contributed by atoms with Gasteiger partial charge in [-0.1, -0.05) is 24.3 Å². The maximum atomic E-state index is 13.9. The quantitative estimate of drug-likeness (QED) is 0.773. The smallest absolute Gasteiger partial charge is 0.237 e. The van der Waals surface area contributed by atoms with E-state index in [4.69, 9.17) is 0 Å². The lowest BCUT2D eigenvalue weighted by Crippen LogP contribution is -2.56. The van der Waals surface area contributed by atoms with Gasteiger partial charge in [0.05, 0.1) is 12.5 Å². The SMILES string of the molecule is O=C1NCCN(Cc2cccnc2)[C@H]1CC(=O)N1CCC(Cc2ccccc2F)CC1. The van der Waals surface area contributed by atoms with E-state index in [0.717, 1.165) is 24.0 Å². The predicted molar refractivity (Wildman–Crippen MR) is 115 cm³/mol. The Balaban J connectivity index is 1.31. The zero-order valence-electron chi connectivity index (χ0n) is 17.7. The Kier molecular flexibility index (Phi) is 6.92. The Morgan fingerprint density at radius 1 is 1.13 bits per heavy atom. The van der Waals surface area contributed by atoms with E-state index in [1.807, 2.05) is 29.2 Å². The molecule has 1 aromatic carbocycles. The van der Waals surface area contributed by atoms with Crippen LogP contribution < -0.4 is 5.32 Å². The molecule has 1 N–H and O–H groups in total. The molecule has 0 radical (unpaired) electrons. The molecular weight excluding hydrogens is 395 g/mol. The normalized spacial score (nSPS) is 20.5. The molecular formula is C24H29FN4O2. The largest absolute Gasteiger partial charge is 0.353 e. The highest BCUT2D eigenvalue weighted by Crippen LogP contribution is 2.24. The van der Waals surface area contributed by atoms with Gasteiger partial charge in [0.15, 0.2) is 0 Å². The molecule has 1 aromatic heterocycles. The maximum Gasteiger partial charge on any atom is 0.237 e. The molecule has 0 aliphatic carbocycles. The number of amides is 2. The highest BCUT2D eigenvalue weighted by molar-refractivity contribution is 5.88. The number of hydrogen-bond donors (Lipinski definition) is 1. The fourth-order valence-electron chi connectivity index (χ4n) is 4.56. The number of hydrogen-bond acceptors (Lipinski definition) is 4. The highest BCUT2D eigenvalue weighted by Gasteiger charge is 2.34. The number of carbonyl (C=O) groups is 2. The summed E-state index contributed by atoms with van der Waals surface area (Å²) < 4.78 is 13.9. The van der Waals surface area contributed by atoms with Gasteiger partial charge in [0.2, 0.25) is 11.8 Å². The molecule has 31 heavy (non-hydrogen) atoms. The fraction of sp³-hybridized carbons (Fsp3) is 0.458. The number of nitrogens with zero attached hydrogens (tertiary/aromatic N) is 3. The molecule has 2 aliphatic heterocycles. The molecule has 2 aromatic rings. The lowest BCUT2D eigenvalue weighted by atomic mass is 9.89. The zero-order valence-corrected chi connectivity index (χ0v) is 17.7. The van der Waals surface area contributed by atoms with Crippen molar-refractivity contribution in [1.82, 2.24) is 20.1 Å². The Morgan fingerprint density at radius 3 is 2.68 bits per heavy atom. The molecule has 1 atom stereocenters. The number of aromatic nitrogens is 1. The molecule has 3 heterocycles. The first kappa shape index (κ1) is 21.4. The standard InChI is InChI=1S/C24H29FN4O2/c25-21-6-2-1-5-20(21)14-18-7-11-28(12-8-18)23(30)15-22-24(31)27-10-13-29(22)17-19-4-3-9-26-16-19/h1-6,9,16,18,22H,7-8,10-15,17H2,(H,27,31)/t22-/m0/s1. The number of piperidine rings is 1. The van der Waals surface area contributed by atoms with Crippen LogP contribution in [0.2, 0.25) is 0 Å². The van der Waals surface area contributed by atoms with Crippen molar-refractivity contribution in [2.45, 2.75) is 38.3 Å². The topological polar surface area (TPSA) is 65.5 Å². The van der Waals surface area contributed by atoms with Crippen LogP contribution in [0.25, 0.3) is 0 Å². The summed E-state index contributed by atoms with van der Waals surface area (Å²) in [5.41, 5.74) is 1.78. The molecule has 164 valence electrons. The third-order valence-corrected chi connectivity index (χ3v) is 6.35. The highest BCUT2D eigenvalue weighted by atomic mass is 19.1. The number of likely N-dealkylation sites (tertiary alicyclic amines) is 1. The van der Waals surface area contributed by atoms with Gasteiger partial charge in [0.25, 0.3) is 0 Å². The van der Waals surface area contributed by atoms with Crippen LogP contribution >= 0.6 is 0 Å². The molecule has 0 bridgehead atoms. The summed E-state index contributed by atoms with van der Waals surface area (Å²) in [6.07, 6.45) is 6.13. The van der Waals surface area contributed by atoms with Crippen LogP contribution in [0, 0.1) is 11.7 Å². The number of rotatable bonds is 6. The number of pyridine rings is 1. The monoisotopic (exact) mass is 424 g/mol. The molecule has 2 saturated heterocycles. The van der Waals surface area contributed by atoms with E-state index in [2.05, 4.69) is 15.2 Å². The fourth-order valence-corrected chi connectivity index (χ4v) is 4.56. The molecule has 4 rings (SSSR count). The van der Waals surface area contributed by atoms with E-state index in [1.165, 1.54) is 6.07 Å². The first-order chi connectivity index (χ1) is 15.1. The number of benzene rings is 1. The van der Waals surface area contributed by atoms with Gasteiger partial charge in [0, 0.05) is 45.1 Å². The van der Waals surface area contributed by atoms with Crippen molar-refractivity contribution in [3.05, 3.63) is 65.7 Å². The van der Waals surface area contributed by atoms with Crippen molar-refractivity contribution in [1.29, 1.82) is 0 Å². The van der Waals surface area contributed by atoms with Crippen LogP contribution in [0.4, 0.5) is 4.39 Å². The lowest BCUT2D eigenvalue weighted by Gasteiger charge is -2.37. The number of carbonyl (C=O) groups excluding carboxylic acids is 2. The average Bonchev–Trinajstić information content (AvgIpc) is 2.79. The molecule has 0 saturated carbocycles. The molecule has 7 heteroatoms. The summed E-state index contributed by atoms with van der Waals surface area (Å²) in [6, 6.07) is 10.3. The van der Waals surface area contributed by atoms with Crippen molar-refractivity contribution in [3.8, 4) is 0 Å². The minimum absolute atomic E-state index is 0.0163. The van der Waals surface area contributed by atoms with Gasteiger partial charge in [-0.2, -0.15) is 0 Å². The second-order valence-corrected chi connectivity index (χ2v) is 8.46. The van der Waals surface area contributed by atoms with Crippen molar-refractivity contribution in [2.75, 3.05) is 26.2 Å². The first-order valence-corrected chi connectivity index (χ1v) is 11.0. The average molecular weight is 425 g/mol. The molecule has 0 spiro atoms. The predicted octanol–water partition coefficient (Wildman–Crippen LogP) is 2.39. The van der Waals surface area contributed by atoms with Gasteiger partial charge in [0.1, 0.15) is 5.82 Å². The third-order valence-electron chi connectivity index (χ3n) is 6.35. The lowest BCUT2D eigenvalue weighted by molar-refractivity contribution is -0.140. The van der Waals surface area contributed by atoms with Crippen molar-refractivity contribution >= 4 is 11.8 Å². The summed E-state index contributed by atoms with van der Waals surface area (Å²) in [5.74, 6) is 0.152. The summed E-state index contributed by atoms with van der Waals surface area (Å²) in [4.78, 5) is 33.6. The van der Waals surface area contributed by atoms with E-state index in [1.54, 1.807) is 18.5 Å². The van der Waals surface area contributed by atoms with Gasteiger partial charge >= 0.3 is 0 Å². The summed E-state index contributed by atoms with van der Waals surface area (Å²) in [6.45, 7) is 3.22. The van der Waals surface area contributed by atoms with Gasteiger partial charge in [-0.05, 0) is 48.4 Å². The Hall–Kier alpha value is -2.80. The zero-order chi connectivity index (χ0) is 21.6.